The number of ether oxygens (including phenoxy) is 1. The molecule has 1 fully saturated rings. The van der Waals surface area contributed by atoms with Crippen molar-refractivity contribution < 1.29 is 4.74 Å². The fourth-order valence-electron chi connectivity index (χ4n) is 6.22. The zero-order chi connectivity index (χ0) is 31.9. The van der Waals surface area contributed by atoms with E-state index in [4.69, 9.17) is 26.4 Å². The van der Waals surface area contributed by atoms with Crippen LogP contribution in [0.25, 0.3) is 5.70 Å². The molecular weight excluding hydrogens is 574 g/mol. The molecule has 0 unspecified atom stereocenters. The smallest absolute Gasteiger partial charge is 0.263 e. The van der Waals surface area contributed by atoms with E-state index in [-0.39, 0.29) is 12.6 Å². The van der Waals surface area contributed by atoms with Crippen LogP contribution in [0, 0.1) is 6.92 Å². The highest BCUT2D eigenvalue weighted by Gasteiger charge is 2.41. The highest BCUT2D eigenvalue weighted by Crippen LogP contribution is 2.39. The van der Waals surface area contributed by atoms with Gasteiger partial charge in [-0.2, -0.15) is 0 Å². The summed E-state index contributed by atoms with van der Waals surface area (Å²) in [5, 5.41) is 18.7. The topological polar surface area (TPSA) is 133 Å². The maximum absolute atomic E-state index is 6.66. The molecule has 3 aromatic carbocycles. The molecule has 1 aliphatic carbocycles. The van der Waals surface area contributed by atoms with Gasteiger partial charge in [0.15, 0.2) is 5.54 Å². The molecule has 2 aromatic heterocycles. The van der Waals surface area contributed by atoms with Crippen molar-refractivity contribution >= 4 is 11.6 Å². The number of hydrazine groups is 1. The fraction of sp³-hybridized carbons (Fsp3) is 0.278. The summed E-state index contributed by atoms with van der Waals surface area (Å²) < 4.78 is 6.27. The SMILES string of the molecule is Cc1nc(/C(N)=C(\CNc2nnn(C(c3ccccc3)(c3ccccc3)c3ccccc3)n2)N(C)N)ccc1OC1CCCCC1. The quantitative estimate of drug-likeness (QED) is 0.100. The summed E-state index contributed by atoms with van der Waals surface area (Å²) in [6.07, 6.45) is 6.10. The van der Waals surface area contributed by atoms with Crippen LogP contribution in [0.4, 0.5) is 5.95 Å². The van der Waals surface area contributed by atoms with Crippen LogP contribution in [0.5, 0.6) is 5.75 Å². The minimum atomic E-state index is -0.873. The number of aromatic nitrogens is 5. The number of anilines is 1. The summed E-state index contributed by atoms with van der Waals surface area (Å²) in [4.78, 5) is 6.44. The average molecular weight is 616 g/mol. The zero-order valence-corrected chi connectivity index (χ0v) is 26.4. The van der Waals surface area contributed by atoms with E-state index in [1.54, 1.807) is 11.8 Å². The van der Waals surface area contributed by atoms with Gasteiger partial charge < -0.3 is 20.8 Å². The monoisotopic (exact) mass is 615 g/mol. The first-order valence-electron chi connectivity index (χ1n) is 15.8. The first kappa shape index (κ1) is 30.8. The second-order valence-electron chi connectivity index (χ2n) is 11.7. The number of nitrogens with zero attached hydrogens (tertiary/aromatic N) is 6. The second-order valence-corrected chi connectivity index (χ2v) is 11.7. The summed E-state index contributed by atoms with van der Waals surface area (Å²) in [5.74, 6) is 7.40. The van der Waals surface area contributed by atoms with Crippen LogP contribution >= 0.6 is 0 Å². The molecule has 0 bridgehead atoms. The Balaban J connectivity index is 1.30. The van der Waals surface area contributed by atoms with Crippen molar-refractivity contribution in [1.82, 2.24) is 30.2 Å². The van der Waals surface area contributed by atoms with Gasteiger partial charge in [0.1, 0.15) is 5.75 Å². The van der Waals surface area contributed by atoms with Gasteiger partial charge in [-0.15, -0.1) is 9.90 Å². The number of nitrogens with one attached hydrogen (secondary N) is 1. The minimum absolute atomic E-state index is 0.244. The van der Waals surface area contributed by atoms with E-state index in [0.29, 0.717) is 23.0 Å². The summed E-state index contributed by atoms with van der Waals surface area (Å²) in [6.45, 7) is 2.19. The van der Waals surface area contributed by atoms with E-state index >= 15 is 0 Å². The number of rotatable bonds is 11. The molecule has 5 N–H and O–H groups in total. The molecule has 1 saturated carbocycles. The Morgan fingerprint density at radius 3 is 1.96 bits per heavy atom. The molecule has 0 saturated heterocycles. The zero-order valence-electron chi connectivity index (χ0n) is 26.4. The molecule has 0 aliphatic heterocycles. The average Bonchev–Trinajstić information content (AvgIpc) is 3.57. The second kappa shape index (κ2) is 13.8. The maximum atomic E-state index is 6.66. The lowest BCUT2D eigenvalue weighted by molar-refractivity contribution is 0.153. The molecule has 2 heterocycles. The number of aryl methyl sites for hydroxylation is 1. The van der Waals surface area contributed by atoms with E-state index in [1.807, 2.05) is 73.7 Å². The van der Waals surface area contributed by atoms with Crippen LogP contribution in [0.2, 0.25) is 0 Å². The molecule has 0 amide bonds. The molecule has 6 rings (SSSR count). The molecule has 0 atom stereocenters. The van der Waals surface area contributed by atoms with Crippen LogP contribution in [0.15, 0.2) is 109 Å². The lowest BCUT2D eigenvalue weighted by atomic mass is 9.77. The van der Waals surface area contributed by atoms with Gasteiger partial charge in [0.05, 0.1) is 35.4 Å². The molecule has 5 aromatic rings. The van der Waals surface area contributed by atoms with E-state index in [2.05, 4.69) is 52.0 Å². The molecule has 1 aliphatic rings. The summed E-state index contributed by atoms with van der Waals surface area (Å²) in [5.41, 5.74) is 11.3. The largest absolute Gasteiger partial charge is 0.489 e. The first-order valence-corrected chi connectivity index (χ1v) is 15.8. The minimum Gasteiger partial charge on any atom is -0.489 e. The van der Waals surface area contributed by atoms with Gasteiger partial charge >= 0.3 is 0 Å². The first-order chi connectivity index (χ1) is 22.5. The third-order valence-electron chi connectivity index (χ3n) is 8.60. The highest BCUT2D eigenvalue weighted by molar-refractivity contribution is 5.64. The van der Waals surface area contributed by atoms with Crippen molar-refractivity contribution in [3.05, 3.63) is 137 Å². The molecule has 46 heavy (non-hydrogen) atoms. The van der Waals surface area contributed by atoms with Gasteiger partial charge in [-0.3, -0.25) is 0 Å². The number of nitrogens with two attached hydrogens (primary N) is 2. The van der Waals surface area contributed by atoms with E-state index in [0.717, 1.165) is 41.0 Å². The number of likely N-dealkylation sites (N-methyl/N-ethyl adjacent to an activating group) is 1. The lowest BCUT2D eigenvalue weighted by Gasteiger charge is -2.34. The Labute approximate surface area is 270 Å². The fourth-order valence-corrected chi connectivity index (χ4v) is 6.22. The molecule has 10 nitrogen and oxygen atoms in total. The summed E-state index contributed by atoms with van der Waals surface area (Å²) in [6, 6.07) is 34.5. The Morgan fingerprint density at radius 1 is 0.870 bits per heavy atom. The van der Waals surface area contributed by atoms with Crippen molar-refractivity contribution in [2.24, 2.45) is 11.6 Å². The molecule has 236 valence electrons. The Hall–Kier alpha value is -5.22. The number of tetrazole rings is 1. The molecule has 0 spiro atoms. The van der Waals surface area contributed by atoms with Crippen LogP contribution in [-0.2, 0) is 5.54 Å². The summed E-state index contributed by atoms with van der Waals surface area (Å²) >= 11 is 0. The third-order valence-corrected chi connectivity index (χ3v) is 8.60. The van der Waals surface area contributed by atoms with Crippen molar-refractivity contribution in [3.8, 4) is 5.75 Å². The molecule has 0 radical (unpaired) electrons. The number of benzene rings is 3. The van der Waals surface area contributed by atoms with E-state index in [1.165, 1.54) is 24.3 Å². The Kier molecular flexibility index (Phi) is 9.25. The summed E-state index contributed by atoms with van der Waals surface area (Å²) in [7, 11) is 1.74. The van der Waals surface area contributed by atoms with Crippen LogP contribution in [0.3, 0.4) is 0 Å². The van der Waals surface area contributed by atoms with Crippen LogP contribution < -0.4 is 21.6 Å². The van der Waals surface area contributed by atoms with Gasteiger partial charge in [-0.05, 0) is 66.6 Å². The van der Waals surface area contributed by atoms with Crippen LogP contribution in [0.1, 0.15) is 60.2 Å². The van der Waals surface area contributed by atoms with Crippen molar-refractivity contribution in [1.29, 1.82) is 0 Å². The molecule has 10 heteroatoms. The molecular formula is C36H41N9O. The van der Waals surface area contributed by atoms with Crippen molar-refractivity contribution in [2.75, 3.05) is 18.9 Å². The number of hydrogen-bond acceptors (Lipinski definition) is 9. The van der Waals surface area contributed by atoms with Gasteiger partial charge in [-0.25, -0.2) is 10.8 Å². The lowest BCUT2D eigenvalue weighted by Crippen LogP contribution is -2.39. The standard InChI is InChI=1S/C36H41N9O/c1-26-33(46-30-21-13-6-14-22-30)24-23-31(40-26)34(37)32(44(2)38)25-39-35-41-43-45(42-35)36(27-15-7-3-8-16-27,28-17-9-4-10-18-28)29-19-11-5-12-20-29/h3-5,7-12,15-20,23-24,30H,6,13-14,21-22,25,37-38H2,1-2H3,(H,39,42)/b34-32-. The highest BCUT2D eigenvalue weighted by atomic mass is 16.5. The van der Waals surface area contributed by atoms with Gasteiger partial charge in [0.25, 0.3) is 5.95 Å². The van der Waals surface area contributed by atoms with E-state index < -0.39 is 5.54 Å². The maximum Gasteiger partial charge on any atom is 0.263 e. The van der Waals surface area contributed by atoms with Gasteiger partial charge in [0.2, 0.25) is 0 Å². The number of pyridine rings is 1. The number of hydrogen-bond donors (Lipinski definition) is 3. The van der Waals surface area contributed by atoms with Crippen LogP contribution in [-0.4, -0.2) is 49.9 Å². The van der Waals surface area contributed by atoms with Gasteiger partial charge in [-0.1, -0.05) is 103 Å². The van der Waals surface area contributed by atoms with Crippen molar-refractivity contribution in [3.63, 3.8) is 0 Å². The predicted octanol–water partition coefficient (Wildman–Crippen LogP) is 5.47. The third kappa shape index (κ3) is 6.29. The van der Waals surface area contributed by atoms with Crippen molar-refractivity contribution in [2.45, 2.75) is 50.7 Å². The van der Waals surface area contributed by atoms with E-state index in [9.17, 15) is 0 Å². The Morgan fingerprint density at radius 2 is 1.43 bits per heavy atom. The predicted molar refractivity (Wildman–Crippen MR) is 180 cm³/mol. The Bertz CT molecular complexity index is 1650. The normalized spacial score (nSPS) is 14.4. The van der Waals surface area contributed by atoms with Gasteiger partial charge in [0, 0.05) is 7.05 Å².